The van der Waals surface area contributed by atoms with Gasteiger partial charge in [0.25, 0.3) is 0 Å². The van der Waals surface area contributed by atoms with Gasteiger partial charge in [0.1, 0.15) is 17.2 Å². The SMILES string of the molecule is CC1=[NH+][B-]2(Oc3ccccc3O2)c2ccccc2N1.O. The van der Waals surface area contributed by atoms with Gasteiger partial charge in [0.05, 0.1) is 0 Å². The van der Waals surface area contributed by atoms with Crippen molar-refractivity contribution in [2.75, 3.05) is 5.32 Å². The van der Waals surface area contributed by atoms with Crippen LogP contribution < -0.4 is 25.0 Å². The monoisotopic (exact) mass is 270 g/mol. The lowest BCUT2D eigenvalue weighted by Crippen LogP contribution is -3.01. The molecule has 5 nitrogen and oxygen atoms in total. The summed E-state index contributed by atoms with van der Waals surface area (Å²) in [7, 11) is 0. The summed E-state index contributed by atoms with van der Waals surface area (Å²) in [6, 6.07) is 15.8. The minimum atomic E-state index is -1.73. The maximum Gasteiger partial charge on any atom is 0.589 e. The van der Waals surface area contributed by atoms with Crippen molar-refractivity contribution in [3.8, 4) is 11.5 Å². The van der Waals surface area contributed by atoms with Gasteiger partial charge in [0.2, 0.25) is 5.84 Å². The summed E-state index contributed by atoms with van der Waals surface area (Å²) < 4.78 is 12.2. The molecule has 2 aromatic rings. The zero-order valence-corrected chi connectivity index (χ0v) is 11.0. The van der Waals surface area contributed by atoms with Crippen LogP contribution in [0.2, 0.25) is 0 Å². The van der Waals surface area contributed by atoms with Crippen LogP contribution in [0.25, 0.3) is 0 Å². The molecule has 2 aliphatic rings. The zero-order chi connectivity index (χ0) is 12.9. The van der Waals surface area contributed by atoms with Crippen LogP contribution in [0.3, 0.4) is 0 Å². The number of para-hydroxylation sites is 3. The van der Waals surface area contributed by atoms with E-state index in [4.69, 9.17) is 9.31 Å². The number of hydrogen-bond acceptors (Lipinski definition) is 3. The van der Waals surface area contributed by atoms with Gasteiger partial charge >= 0.3 is 6.69 Å². The van der Waals surface area contributed by atoms with Crippen LogP contribution in [-0.2, 0) is 0 Å². The summed E-state index contributed by atoms with van der Waals surface area (Å²) in [5.74, 6) is 2.48. The summed E-state index contributed by atoms with van der Waals surface area (Å²) in [6.07, 6.45) is 0. The topological polar surface area (TPSA) is 76.0 Å². The van der Waals surface area contributed by atoms with Crippen LogP contribution >= 0.6 is 0 Å². The fourth-order valence-electron chi connectivity index (χ4n) is 2.76. The van der Waals surface area contributed by atoms with Crippen LogP contribution in [0.5, 0.6) is 11.5 Å². The molecule has 6 heteroatoms. The second kappa shape index (κ2) is 4.28. The standard InChI is InChI=1S/C14H13BN2O2.H2O/c1-10-16-12-7-3-2-6-11(12)15(17-10)18-13-8-4-5-9-14(13)19-15;/h2-9,16-17H,1H3;1H2. The lowest BCUT2D eigenvalue weighted by atomic mass is 9.63. The van der Waals surface area contributed by atoms with Gasteiger partial charge in [-0.15, -0.1) is 0 Å². The molecule has 2 aliphatic heterocycles. The van der Waals surface area contributed by atoms with Crippen molar-refractivity contribution in [3.05, 3.63) is 48.5 Å². The van der Waals surface area contributed by atoms with E-state index < -0.39 is 6.69 Å². The van der Waals surface area contributed by atoms with Crippen LogP contribution in [0.15, 0.2) is 48.5 Å². The Kier molecular flexibility index (Phi) is 2.69. The first-order valence-corrected chi connectivity index (χ1v) is 6.36. The third kappa shape index (κ3) is 1.65. The molecule has 1 spiro atoms. The first-order valence-electron chi connectivity index (χ1n) is 6.36. The van der Waals surface area contributed by atoms with E-state index in [0.29, 0.717) is 0 Å². The molecule has 0 saturated heterocycles. The van der Waals surface area contributed by atoms with Crippen molar-refractivity contribution in [1.82, 2.24) is 0 Å². The van der Waals surface area contributed by atoms with Crippen molar-refractivity contribution in [1.29, 1.82) is 0 Å². The van der Waals surface area contributed by atoms with E-state index in [0.717, 1.165) is 28.5 Å². The minimum Gasteiger partial charge on any atom is -0.639 e. The van der Waals surface area contributed by atoms with Crippen LogP contribution in [0.4, 0.5) is 5.69 Å². The molecule has 102 valence electrons. The van der Waals surface area contributed by atoms with Crippen molar-refractivity contribution >= 4 is 23.7 Å². The van der Waals surface area contributed by atoms with Crippen molar-refractivity contribution in [3.63, 3.8) is 0 Å². The van der Waals surface area contributed by atoms with E-state index in [1.807, 2.05) is 55.5 Å². The highest BCUT2D eigenvalue weighted by molar-refractivity contribution is 6.77. The quantitative estimate of drug-likeness (QED) is 0.628. The van der Waals surface area contributed by atoms with E-state index in [2.05, 4.69) is 10.2 Å². The van der Waals surface area contributed by atoms with Crippen molar-refractivity contribution in [2.24, 2.45) is 0 Å². The third-order valence-electron chi connectivity index (χ3n) is 3.53. The highest BCUT2D eigenvalue weighted by Gasteiger charge is 2.48. The molecule has 0 bridgehead atoms. The van der Waals surface area contributed by atoms with Gasteiger partial charge in [0, 0.05) is 6.92 Å². The molecule has 0 radical (unpaired) electrons. The maximum atomic E-state index is 6.10. The summed E-state index contributed by atoms with van der Waals surface area (Å²) in [5.41, 5.74) is 2.02. The Morgan fingerprint density at radius 1 is 0.950 bits per heavy atom. The minimum absolute atomic E-state index is 0. The average molecular weight is 270 g/mol. The molecule has 2 aromatic carbocycles. The van der Waals surface area contributed by atoms with Crippen molar-refractivity contribution < 1.29 is 19.7 Å². The zero-order valence-electron chi connectivity index (χ0n) is 11.0. The third-order valence-corrected chi connectivity index (χ3v) is 3.53. The van der Waals surface area contributed by atoms with Gasteiger partial charge < -0.3 is 19.7 Å². The normalized spacial score (nSPS) is 16.8. The van der Waals surface area contributed by atoms with Gasteiger partial charge in [0.15, 0.2) is 0 Å². The number of amidine groups is 1. The molecule has 0 unspecified atom stereocenters. The number of anilines is 1. The van der Waals surface area contributed by atoms with Gasteiger partial charge in [-0.3, -0.25) is 5.32 Å². The predicted molar refractivity (Wildman–Crippen MR) is 78.4 cm³/mol. The first-order chi connectivity index (χ1) is 9.27. The second-order valence-electron chi connectivity index (χ2n) is 4.88. The molecule has 0 amide bonds. The van der Waals surface area contributed by atoms with E-state index in [1.165, 1.54) is 0 Å². The average Bonchev–Trinajstić information content (AvgIpc) is 2.76. The van der Waals surface area contributed by atoms with E-state index in [-0.39, 0.29) is 5.48 Å². The smallest absolute Gasteiger partial charge is 0.589 e. The molecule has 20 heavy (non-hydrogen) atoms. The van der Waals surface area contributed by atoms with Gasteiger partial charge in [-0.05, 0) is 23.7 Å². The van der Waals surface area contributed by atoms with E-state index in [9.17, 15) is 0 Å². The Hall–Kier alpha value is -2.47. The molecule has 0 aromatic heterocycles. The number of nitrogens with one attached hydrogen (secondary N) is 2. The Morgan fingerprint density at radius 2 is 1.55 bits per heavy atom. The van der Waals surface area contributed by atoms with E-state index in [1.54, 1.807) is 0 Å². The van der Waals surface area contributed by atoms with Crippen LogP contribution in [-0.4, -0.2) is 18.0 Å². The highest BCUT2D eigenvalue weighted by Crippen LogP contribution is 2.35. The molecule has 0 saturated carbocycles. The Bertz CT molecular complexity index is 677. The summed E-state index contributed by atoms with van der Waals surface area (Å²) in [5, 5.41) is 3.30. The molecule has 4 N–H and O–H groups in total. The van der Waals surface area contributed by atoms with Crippen LogP contribution in [0.1, 0.15) is 6.92 Å². The molecular weight excluding hydrogens is 255 g/mol. The second-order valence-corrected chi connectivity index (χ2v) is 4.88. The lowest BCUT2D eigenvalue weighted by molar-refractivity contribution is -0.339. The molecule has 2 heterocycles. The Balaban J connectivity index is 0.00000121. The summed E-state index contributed by atoms with van der Waals surface area (Å²) in [6.45, 7) is 0.242. The number of rotatable bonds is 0. The first kappa shape index (κ1) is 12.6. The highest BCUT2D eigenvalue weighted by atomic mass is 16.7. The molecule has 0 aliphatic carbocycles. The van der Waals surface area contributed by atoms with Gasteiger partial charge in [-0.25, -0.2) is 0 Å². The fraction of sp³-hybridized carbons (Fsp3) is 0.0714. The Labute approximate surface area is 116 Å². The van der Waals surface area contributed by atoms with Gasteiger partial charge in [-0.2, -0.15) is 0 Å². The van der Waals surface area contributed by atoms with Crippen molar-refractivity contribution in [2.45, 2.75) is 6.92 Å². The summed E-state index contributed by atoms with van der Waals surface area (Å²) >= 11 is 0. The number of hydrogen-bond donors (Lipinski definition) is 2. The largest absolute Gasteiger partial charge is 0.639 e. The number of fused-ring (bicyclic) bond motifs is 3. The molecule has 4 rings (SSSR count). The lowest BCUT2D eigenvalue weighted by Gasteiger charge is -2.32. The van der Waals surface area contributed by atoms with Crippen LogP contribution in [0, 0.1) is 0 Å². The number of benzene rings is 2. The predicted octanol–water partition coefficient (Wildman–Crippen LogP) is -0.596. The molecule has 0 atom stereocenters. The molecular formula is C14H15BN2O3. The fourth-order valence-corrected chi connectivity index (χ4v) is 2.76. The van der Waals surface area contributed by atoms with Gasteiger partial charge in [-0.1, -0.05) is 30.3 Å². The molecule has 0 fully saturated rings. The maximum absolute atomic E-state index is 6.10. The Morgan fingerprint density at radius 3 is 2.25 bits per heavy atom. The summed E-state index contributed by atoms with van der Waals surface area (Å²) in [4.78, 5) is 3.32. The van der Waals surface area contributed by atoms with E-state index >= 15 is 0 Å².